The summed E-state index contributed by atoms with van der Waals surface area (Å²) in [6.07, 6.45) is 6.69. The highest BCUT2D eigenvalue weighted by atomic mass is 15.1. The van der Waals surface area contributed by atoms with Crippen molar-refractivity contribution in [1.82, 2.24) is 14.5 Å². The molecule has 0 bridgehead atoms. The molecule has 0 radical (unpaired) electrons. The lowest BCUT2D eigenvalue weighted by atomic mass is 10.3. The minimum absolute atomic E-state index is 0.333. The van der Waals surface area contributed by atoms with Crippen molar-refractivity contribution in [2.75, 3.05) is 17.6 Å². The molecule has 0 atom stereocenters. The zero-order chi connectivity index (χ0) is 13.7. The Kier molecular flexibility index (Phi) is 4.60. The van der Waals surface area contributed by atoms with Gasteiger partial charge < -0.3 is 15.6 Å². The maximum Gasteiger partial charge on any atom is 0.222 e. The predicted octanol–water partition coefficient (Wildman–Crippen LogP) is 3.03. The van der Waals surface area contributed by atoms with Gasteiger partial charge in [-0.25, -0.2) is 4.98 Å². The topological polar surface area (TPSA) is 68.8 Å². The first kappa shape index (κ1) is 13.6. The van der Waals surface area contributed by atoms with Crippen LogP contribution in [0.5, 0.6) is 0 Å². The largest absolute Gasteiger partial charge is 0.368 e. The van der Waals surface area contributed by atoms with Gasteiger partial charge in [-0.3, -0.25) is 0 Å². The van der Waals surface area contributed by atoms with E-state index in [4.69, 9.17) is 5.73 Å². The molecule has 19 heavy (non-hydrogen) atoms. The lowest BCUT2D eigenvalue weighted by Gasteiger charge is -2.10. The zero-order valence-corrected chi connectivity index (χ0v) is 11.8. The number of hydrogen-bond acceptors (Lipinski definition) is 4. The van der Waals surface area contributed by atoms with Crippen LogP contribution in [0.4, 0.5) is 11.8 Å². The Bertz CT molecular complexity index is 532. The highest BCUT2D eigenvalue weighted by Crippen LogP contribution is 2.23. The Morgan fingerprint density at radius 3 is 2.74 bits per heavy atom. The quantitative estimate of drug-likeness (QED) is 0.752. The Morgan fingerprint density at radius 2 is 2.00 bits per heavy atom. The van der Waals surface area contributed by atoms with E-state index >= 15 is 0 Å². The summed E-state index contributed by atoms with van der Waals surface area (Å²) < 4.78 is 2.21. The van der Waals surface area contributed by atoms with Crippen molar-refractivity contribution in [3.8, 4) is 0 Å². The number of fused-ring (bicyclic) bond motifs is 1. The Balaban J connectivity index is 2.32. The van der Waals surface area contributed by atoms with Gasteiger partial charge in [0.2, 0.25) is 5.95 Å². The van der Waals surface area contributed by atoms with E-state index in [2.05, 4.69) is 39.9 Å². The van der Waals surface area contributed by atoms with Gasteiger partial charge >= 0.3 is 0 Å². The molecule has 0 unspecified atom stereocenters. The normalized spacial score (nSPS) is 11.1. The molecule has 2 heterocycles. The summed E-state index contributed by atoms with van der Waals surface area (Å²) in [5.74, 6) is 1.19. The maximum atomic E-state index is 5.77. The summed E-state index contributed by atoms with van der Waals surface area (Å²) >= 11 is 0. The molecule has 3 N–H and O–H groups in total. The Morgan fingerprint density at radius 1 is 1.21 bits per heavy atom. The molecule has 0 saturated carbocycles. The van der Waals surface area contributed by atoms with Gasteiger partial charge in [0.05, 0.1) is 5.52 Å². The van der Waals surface area contributed by atoms with Crippen LogP contribution in [0.25, 0.3) is 11.0 Å². The highest BCUT2D eigenvalue weighted by Gasteiger charge is 2.10. The molecule has 0 aliphatic heterocycles. The van der Waals surface area contributed by atoms with Crippen LogP contribution in [-0.2, 0) is 6.54 Å². The number of aryl methyl sites for hydroxylation is 1. The monoisotopic (exact) mass is 261 g/mol. The molecule has 0 aromatic carbocycles. The number of nitrogens with one attached hydrogen (secondary N) is 1. The average molecular weight is 261 g/mol. The van der Waals surface area contributed by atoms with Crippen molar-refractivity contribution in [1.29, 1.82) is 0 Å². The van der Waals surface area contributed by atoms with Crippen LogP contribution in [0, 0.1) is 0 Å². The van der Waals surface area contributed by atoms with Gasteiger partial charge in [-0.15, -0.1) is 0 Å². The molecule has 0 fully saturated rings. The molecule has 104 valence electrons. The van der Waals surface area contributed by atoms with E-state index in [0.717, 1.165) is 49.2 Å². The fraction of sp³-hybridized carbons (Fsp3) is 0.571. The number of nitrogens with zero attached hydrogens (tertiary/aromatic N) is 3. The molecule has 2 aromatic rings. The van der Waals surface area contributed by atoms with Crippen LogP contribution in [0.3, 0.4) is 0 Å². The smallest absolute Gasteiger partial charge is 0.222 e. The van der Waals surface area contributed by atoms with Gasteiger partial charge in [-0.2, -0.15) is 4.98 Å². The number of unbranched alkanes of at least 4 members (excludes halogenated alkanes) is 2. The Hall–Kier alpha value is -1.78. The number of nitrogens with two attached hydrogens (primary N) is 1. The summed E-state index contributed by atoms with van der Waals surface area (Å²) in [5.41, 5.74) is 7.75. The SMILES string of the molecule is CCCCNc1nc(N)nc2ccn(CCCC)c12. The van der Waals surface area contributed by atoms with Crippen molar-refractivity contribution in [2.24, 2.45) is 0 Å². The lowest BCUT2D eigenvalue weighted by Crippen LogP contribution is -2.08. The van der Waals surface area contributed by atoms with E-state index in [0.29, 0.717) is 5.95 Å². The lowest BCUT2D eigenvalue weighted by molar-refractivity contribution is 0.649. The van der Waals surface area contributed by atoms with Gasteiger partial charge in [0.15, 0.2) is 5.82 Å². The third kappa shape index (κ3) is 3.16. The van der Waals surface area contributed by atoms with E-state index in [1.807, 2.05) is 6.07 Å². The third-order valence-electron chi connectivity index (χ3n) is 3.20. The molecule has 0 aliphatic rings. The van der Waals surface area contributed by atoms with Gasteiger partial charge in [0, 0.05) is 19.3 Å². The zero-order valence-electron chi connectivity index (χ0n) is 11.8. The van der Waals surface area contributed by atoms with Crippen LogP contribution in [0.1, 0.15) is 39.5 Å². The number of rotatable bonds is 7. The van der Waals surface area contributed by atoms with Crippen molar-refractivity contribution < 1.29 is 0 Å². The van der Waals surface area contributed by atoms with Crippen LogP contribution >= 0.6 is 0 Å². The molecule has 5 nitrogen and oxygen atoms in total. The number of aromatic nitrogens is 3. The molecule has 0 aliphatic carbocycles. The summed E-state index contributed by atoms with van der Waals surface area (Å²) in [5, 5.41) is 3.38. The number of nitrogen functional groups attached to an aromatic ring is 1. The number of anilines is 2. The molecule has 5 heteroatoms. The molecular formula is C14H23N5. The van der Waals surface area contributed by atoms with Gasteiger partial charge in [-0.05, 0) is 18.9 Å². The van der Waals surface area contributed by atoms with Crippen molar-refractivity contribution in [3.63, 3.8) is 0 Å². The van der Waals surface area contributed by atoms with Gasteiger partial charge in [0.25, 0.3) is 0 Å². The van der Waals surface area contributed by atoms with Crippen LogP contribution in [-0.4, -0.2) is 21.1 Å². The fourth-order valence-corrected chi connectivity index (χ4v) is 2.15. The maximum absolute atomic E-state index is 5.77. The van der Waals surface area contributed by atoms with Gasteiger partial charge in [-0.1, -0.05) is 26.7 Å². The van der Waals surface area contributed by atoms with Crippen LogP contribution in [0.15, 0.2) is 12.3 Å². The summed E-state index contributed by atoms with van der Waals surface area (Å²) in [6, 6.07) is 2.01. The molecule has 0 amide bonds. The molecule has 2 rings (SSSR count). The minimum Gasteiger partial charge on any atom is -0.368 e. The standard InChI is InChI=1S/C14H23N5/c1-3-5-8-16-13-12-11(17-14(15)18-13)7-10-19(12)9-6-4-2/h7,10H,3-6,8-9H2,1-2H3,(H3,15,16,17,18). The predicted molar refractivity (Wildman–Crippen MR) is 80.2 cm³/mol. The van der Waals surface area contributed by atoms with Crippen molar-refractivity contribution in [3.05, 3.63) is 12.3 Å². The summed E-state index contributed by atoms with van der Waals surface area (Å²) in [4.78, 5) is 8.65. The fourth-order valence-electron chi connectivity index (χ4n) is 2.15. The van der Waals surface area contributed by atoms with E-state index in [-0.39, 0.29) is 0 Å². The average Bonchev–Trinajstić information content (AvgIpc) is 2.79. The minimum atomic E-state index is 0.333. The van der Waals surface area contributed by atoms with Crippen LogP contribution in [0.2, 0.25) is 0 Å². The van der Waals surface area contributed by atoms with E-state index in [1.165, 1.54) is 6.42 Å². The van der Waals surface area contributed by atoms with Crippen LogP contribution < -0.4 is 11.1 Å². The number of hydrogen-bond donors (Lipinski definition) is 2. The first-order chi connectivity index (χ1) is 9.26. The highest BCUT2D eigenvalue weighted by molar-refractivity contribution is 5.87. The Labute approximate surface area is 114 Å². The van der Waals surface area contributed by atoms with E-state index in [1.54, 1.807) is 0 Å². The summed E-state index contributed by atoms with van der Waals surface area (Å²) in [6.45, 7) is 6.28. The molecule has 0 saturated heterocycles. The first-order valence-electron chi connectivity index (χ1n) is 7.12. The molecule has 0 spiro atoms. The van der Waals surface area contributed by atoms with E-state index in [9.17, 15) is 0 Å². The third-order valence-corrected chi connectivity index (χ3v) is 3.20. The van der Waals surface area contributed by atoms with Crippen molar-refractivity contribution >= 4 is 22.8 Å². The second kappa shape index (κ2) is 6.41. The second-order valence-electron chi connectivity index (χ2n) is 4.81. The van der Waals surface area contributed by atoms with Gasteiger partial charge in [0.1, 0.15) is 5.52 Å². The first-order valence-corrected chi connectivity index (χ1v) is 7.12. The second-order valence-corrected chi connectivity index (χ2v) is 4.81. The summed E-state index contributed by atoms with van der Waals surface area (Å²) in [7, 11) is 0. The molecule has 2 aromatic heterocycles. The molecular weight excluding hydrogens is 238 g/mol. The van der Waals surface area contributed by atoms with E-state index < -0.39 is 0 Å². The van der Waals surface area contributed by atoms with Crippen molar-refractivity contribution in [2.45, 2.75) is 46.1 Å².